The number of carbonyl (C=O) groups is 1. The standard InChI is InChI=1S/C13H15ClF2N2O2/c1-7(17)12-6-18(2-3-20-12)13(19)8-4-11(16)9(14)5-10(8)15/h4-5,7,12H,2-3,6,17H2,1H3. The van der Waals surface area contributed by atoms with Gasteiger partial charge in [-0.3, -0.25) is 4.79 Å². The summed E-state index contributed by atoms with van der Waals surface area (Å²) in [6.07, 6.45) is -0.312. The minimum Gasteiger partial charge on any atom is -0.373 e. The fraction of sp³-hybridized carbons (Fsp3) is 0.462. The van der Waals surface area contributed by atoms with E-state index in [1.54, 1.807) is 6.92 Å². The van der Waals surface area contributed by atoms with E-state index in [9.17, 15) is 13.6 Å². The lowest BCUT2D eigenvalue weighted by Crippen LogP contribution is -2.51. The molecule has 0 aromatic heterocycles. The van der Waals surface area contributed by atoms with Crippen LogP contribution in [0.3, 0.4) is 0 Å². The largest absolute Gasteiger partial charge is 0.373 e. The molecule has 110 valence electrons. The number of amides is 1. The van der Waals surface area contributed by atoms with E-state index < -0.39 is 17.5 Å². The van der Waals surface area contributed by atoms with E-state index in [1.165, 1.54) is 4.90 Å². The van der Waals surface area contributed by atoms with Crippen molar-refractivity contribution in [1.29, 1.82) is 0 Å². The van der Waals surface area contributed by atoms with Crippen LogP contribution >= 0.6 is 11.6 Å². The smallest absolute Gasteiger partial charge is 0.257 e. The van der Waals surface area contributed by atoms with E-state index in [0.717, 1.165) is 12.1 Å². The van der Waals surface area contributed by atoms with Gasteiger partial charge >= 0.3 is 0 Å². The maximum atomic E-state index is 13.7. The quantitative estimate of drug-likeness (QED) is 0.848. The zero-order valence-corrected chi connectivity index (χ0v) is 11.7. The van der Waals surface area contributed by atoms with Crippen molar-refractivity contribution < 1.29 is 18.3 Å². The molecule has 1 aromatic carbocycles. The minimum absolute atomic E-state index is 0.250. The first-order valence-corrected chi connectivity index (χ1v) is 6.59. The van der Waals surface area contributed by atoms with Crippen molar-refractivity contribution >= 4 is 17.5 Å². The molecule has 0 aliphatic carbocycles. The predicted octanol–water partition coefficient (Wildman–Crippen LogP) is 1.81. The first-order valence-electron chi connectivity index (χ1n) is 6.21. The lowest BCUT2D eigenvalue weighted by atomic mass is 10.1. The van der Waals surface area contributed by atoms with Crippen LogP contribution < -0.4 is 5.73 Å². The molecular formula is C13H15ClF2N2O2. The first-order chi connectivity index (χ1) is 9.40. The Morgan fingerprint density at radius 3 is 2.85 bits per heavy atom. The average molecular weight is 305 g/mol. The van der Waals surface area contributed by atoms with Crippen LogP contribution in [-0.4, -0.2) is 42.6 Å². The molecule has 1 heterocycles. The van der Waals surface area contributed by atoms with Crippen LogP contribution in [0, 0.1) is 11.6 Å². The Bertz CT molecular complexity index is 525. The van der Waals surface area contributed by atoms with Gasteiger partial charge in [0.05, 0.1) is 23.3 Å². The van der Waals surface area contributed by atoms with Crippen molar-refractivity contribution in [3.8, 4) is 0 Å². The molecule has 1 aromatic rings. The molecule has 2 N–H and O–H groups in total. The molecule has 1 saturated heterocycles. The van der Waals surface area contributed by atoms with Gasteiger partial charge in [0.1, 0.15) is 11.6 Å². The van der Waals surface area contributed by atoms with Crippen LogP contribution in [0.5, 0.6) is 0 Å². The lowest BCUT2D eigenvalue weighted by Gasteiger charge is -2.34. The Morgan fingerprint density at radius 1 is 1.50 bits per heavy atom. The van der Waals surface area contributed by atoms with Crippen LogP contribution in [0.25, 0.3) is 0 Å². The van der Waals surface area contributed by atoms with Gasteiger partial charge in [0.2, 0.25) is 0 Å². The second-order valence-electron chi connectivity index (χ2n) is 4.77. The number of carbonyl (C=O) groups excluding carboxylic acids is 1. The number of nitrogens with two attached hydrogens (primary N) is 1. The normalized spacial score (nSPS) is 20.9. The summed E-state index contributed by atoms with van der Waals surface area (Å²) < 4.78 is 32.5. The molecule has 7 heteroatoms. The highest BCUT2D eigenvalue weighted by Gasteiger charge is 2.29. The van der Waals surface area contributed by atoms with Gasteiger partial charge in [-0.1, -0.05) is 11.6 Å². The summed E-state index contributed by atoms with van der Waals surface area (Å²) in [7, 11) is 0. The van der Waals surface area contributed by atoms with E-state index in [0.29, 0.717) is 13.2 Å². The molecule has 2 unspecified atom stereocenters. The van der Waals surface area contributed by atoms with Crippen molar-refractivity contribution in [1.82, 2.24) is 4.90 Å². The molecule has 0 radical (unpaired) electrons. The monoisotopic (exact) mass is 304 g/mol. The summed E-state index contributed by atoms with van der Waals surface area (Å²) >= 11 is 5.46. The Hall–Kier alpha value is -1.24. The Balaban J connectivity index is 2.21. The molecule has 0 saturated carbocycles. The van der Waals surface area contributed by atoms with Crippen LogP contribution in [0.2, 0.25) is 5.02 Å². The number of halogens is 3. The van der Waals surface area contributed by atoms with Crippen molar-refractivity contribution in [3.05, 3.63) is 34.4 Å². The van der Waals surface area contributed by atoms with Crippen LogP contribution in [-0.2, 0) is 4.74 Å². The van der Waals surface area contributed by atoms with Crippen molar-refractivity contribution in [2.24, 2.45) is 5.73 Å². The summed E-state index contributed by atoms with van der Waals surface area (Å²) in [5, 5.41) is -0.352. The second kappa shape index (κ2) is 6.03. The molecule has 20 heavy (non-hydrogen) atoms. The fourth-order valence-corrected chi connectivity index (χ4v) is 2.19. The van der Waals surface area contributed by atoms with Crippen LogP contribution in [0.1, 0.15) is 17.3 Å². The second-order valence-corrected chi connectivity index (χ2v) is 5.17. The van der Waals surface area contributed by atoms with E-state index in [1.807, 2.05) is 0 Å². The maximum absolute atomic E-state index is 13.7. The van der Waals surface area contributed by atoms with Crippen LogP contribution in [0.15, 0.2) is 12.1 Å². The van der Waals surface area contributed by atoms with Crippen molar-refractivity contribution in [2.75, 3.05) is 19.7 Å². The van der Waals surface area contributed by atoms with Gasteiger partial charge in [0, 0.05) is 19.1 Å². The minimum atomic E-state index is -0.842. The van der Waals surface area contributed by atoms with E-state index in [2.05, 4.69) is 0 Å². The van der Waals surface area contributed by atoms with Crippen molar-refractivity contribution in [3.63, 3.8) is 0 Å². The molecule has 1 aliphatic heterocycles. The molecule has 4 nitrogen and oxygen atoms in total. The molecular weight excluding hydrogens is 290 g/mol. The molecule has 2 atom stereocenters. The molecule has 0 spiro atoms. The predicted molar refractivity (Wildman–Crippen MR) is 70.7 cm³/mol. The summed E-state index contributed by atoms with van der Waals surface area (Å²) in [5.74, 6) is -2.26. The molecule has 1 amide bonds. The topological polar surface area (TPSA) is 55.6 Å². The van der Waals surface area contributed by atoms with E-state index in [4.69, 9.17) is 22.1 Å². The number of nitrogens with zero attached hydrogens (tertiary/aromatic N) is 1. The van der Waals surface area contributed by atoms with Gasteiger partial charge in [0.25, 0.3) is 5.91 Å². The zero-order valence-electron chi connectivity index (χ0n) is 10.9. The van der Waals surface area contributed by atoms with Crippen LogP contribution in [0.4, 0.5) is 8.78 Å². The fourth-order valence-electron chi connectivity index (χ4n) is 2.03. The number of ether oxygens (including phenoxy) is 1. The third kappa shape index (κ3) is 3.08. The SMILES string of the molecule is CC(N)C1CN(C(=O)c2cc(F)c(Cl)cc2F)CCO1. The highest BCUT2D eigenvalue weighted by Crippen LogP contribution is 2.21. The zero-order chi connectivity index (χ0) is 14.9. The van der Waals surface area contributed by atoms with E-state index >= 15 is 0 Å². The number of benzene rings is 1. The number of hydrogen-bond donors (Lipinski definition) is 1. The number of hydrogen-bond acceptors (Lipinski definition) is 3. The Morgan fingerprint density at radius 2 is 2.20 bits per heavy atom. The lowest BCUT2D eigenvalue weighted by molar-refractivity contribution is -0.0301. The first kappa shape index (κ1) is 15.2. The van der Waals surface area contributed by atoms with Gasteiger partial charge in [-0.25, -0.2) is 8.78 Å². The molecule has 2 rings (SSSR count). The molecule has 1 aliphatic rings. The highest BCUT2D eigenvalue weighted by atomic mass is 35.5. The van der Waals surface area contributed by atoms with Gasteiger partial charge < -0.3 is 15.4 Å². The third-order valence-corrected chi connectivity index (χ3v) is 3.50. The van der Waals surface area contributed by atoms with Crippen molar-refractivity contribution in [2.45, 2.75) is 19.1 Å². The van der Waals surface area contributed by atoms with Gasteiger partial charge in [-0.2, -0.15) is 0 Å². The van der Waals surface area contributed by atoms with E-state index in [-0.39, 0.29) is 29.3 Å². The summed E-state index contributed by atoms with van der Waals surface area (Å²) in [6.45, 7) is 2.64. The maximum Gasteiger partial charge on any atom is 0.257 e. The van der Waals surface area contributed by atoms with Gasteiger partial charge in [0.15, 0.2) is 0 Å². The number of morpholine rings is 1. The summed E-state index contributed by atoms with van der Waals surface area (Å²) in [5.41, 5.74) is 5.39. The average Bonchev–Trinajstić information content (AvgIpc) is 2.42. The summed E-state index contributed by atoms with van der Waals surface area (Å²) in [6, 6.07) is 1.36. The summed E-state index contributed by atoms with van der Waals surface area (Å²) in [4.78, 5) is 13.6. The third-order valence-electron chi connectivity index (χ3n) is 3.21. The molecule has 0 bridgehead atoms. The highest BCUT2D eigenvalue weighted by molar-refractivity contribution is 6.30. The molecule has 1 fully saturated rings. The van der Waals surface area contributed by atoms with Gasteiger partial charge in [-0.05, 0) is 19.1 Å². The Labute approximate surface area is 120 Å². The Kier molecular flexibility index (Phi) is 4.57. The number of rotatable bonds is 2. The van der Waals surface area contributed by atoms with Gasteiger partial charge in [-0.15, -0.1) is 0 Å².